The number of amides is 1. The van der Waals surface area contributed by atoms with Gasteiger partial charge < -0.3 is 10.1 Å². The van der Waals surface area contributed by atoms with Crippen molar-refractivity contribution in [2.75, 3.05) is 5.32 Å². The zero-order chi connectivity index (χ0) is 19.5. The molecule has 4 rings (SSSR count). The lowest BCUT2D eigenvalue weighted by atomic mass is 10.2. The molecule has 0 spiro atoms. The molecule has 2 aromatic heterocycles. The molecule has 2 aromatic carbocycles. The van der Waals surface area contributed by atoms with E-state index in [0.29, 0.717) is 22.5 Å². The molecule has 0 unspecified atom stereocenters. The highest BCUT2D eigenvalue weighted by Crippen LogP contribution is 2.27. The molecule has 0 aliphatic carbocycles. The van der Waals surface area contributed by atoms with Crippen molar-refractivity contribution in [1.82, 2.24) is 9.97 Å². The summed E-state index contributed by atoms with van der Waals surface area (Å²) < 4.78 is 6.75. The third-order valence-corrected chi connectivity index (χ3v) is 5.96. The Hall–Kier alpha value is -2.48. The Bertz CT molecular complexity index is 1120. The summed E-state index contributed by atoms with van der Waals surface area (Å²) in [5, 5.41) is 6.82. The lowest BCUT2D eigenvalue weighted by Gasteiger charge is -2.03. The molecule has 28 heavy (non-hydrogen) atoms. The largest absolute Gasteiger partial charge is 0.486 e. The molecule has 0 aliphatic heterocycles. The van der Waals surface area contributed by atoms with Crippen LogP contribution in [-0.4, -0.2) is 15.9 Å². The quantitative estimate of drug-likeness (QED) is 0.441. The number of halogens is 1. The van der Waals surface area contributed by atoms with Crippen LogP contribution in [0.15, 0.2) is 47.8 Å². The van der Waals surface area contributed by atoms with Crippen molar-refractivity contribution in [3.63, 3.8) is 0 Å². The van der Waals surface area contributed by atoms with Crippen LogP contribution in [0.1, 0.15) is 16.3 Å². The molecule has 1 amide bonds. The SMILES string of the molecule is Cc1ccc2nc(NC(=O)Cc3csc(COc4ccc(Cl)cc4)n3)sc2c1. The Morgan fingerprint density at radius 3 is 2.82 bits per heavy atom. The number of nitrogens with zero attached hydrogens (tertiary/aromatic N) is 2. The van der Waals surface area contributed by atoms with Crippen LogP contribution < -0.4 is 10.1 Å². The highest BCUT2D eigenvalue weighted by atomic mass is 35.5. The Balaban J connectivity index is 1.33. The highest BCUT2D eigenvalue weighted by molar-refractivity contribution is 7.22. The molecule has 0 saturated heterocycles. The second-order valence-electron chi connectivity index (χ2n) is 6.19. The van der Waals surface area contributed by atoms with Gasteiger partial charge in [-0.05, 0) is 48.9 Å². The van der Waals surface area contributed by atoms with Crippen LogP contribution in [0.3, 0.4) is 0 Å². The zero-order valence-electron chi connectivity index (χ0n) is 14.9. The third-order valence-electron chi connectivity index (χ3n) is 3.91. The number of rotatable bonds is 6. The summed E-state index contributed by atoms with van der Waals surface area (Å²) in [6.07, 6.45) is 0.201. The molecule has 2 heterocycles. The molecular weight excluding hydrogens is 414 g/mol. The summed E-state index contributed by atoms with van der Waals surface area (Å²) in [7, 11) is 0. The van der Waals surface area contributed by atoms with E-state index in [1.54, 1.807) is 12.1 Å². The van der Waals surface area contributed by atoms with Crippen LogP contribution in [0.2, 0.25) is 5.02 Å². The number of carbonyl (C=O) groups is 1. The fraction of sp³-hybridized carbons (Fsp3) is 0.150. The minimum absolute atomic E-state index is 0.133. The van der Waals surface area contributed by atoms with Crippen molar-refractivity contribution >= 4 is 55.5 Å². The molecule has 0 radical (unpaired) electrons. The van der Waals surface area contributed by atoms with Crippen molar-refractivity contribution in [2.45, 2.75) is 20.0 Å². The van der Waals surface area contributed by atoms with Gasteiger partial charge in [0.1, 0.15) is 17.4 Å². The standard InChI is InChI=1S/C20H16ClN3O2S2/c1-12-2-7-16-17(8-12)28-20(23-16)24-18(25)9-14-11-27-19(22-14)10-26-15-5-3-13(21)4-6-15/h2-8,11H,9-10H2,1H3,(H,23,24,25). The first-order valence-electron chi connectivity index (χ1n) is 8.54. The molecule has 142 valence electrons. The molecular formula is C20H16ClN3O2S2. The number of aromatic nitrogens is 2. The van der Waals surface area contributed by atoms with E-state index in [9.17, 15) is 4.79 Å². The number of anilines is 1. The summed E-state index contributed by atoms with van der Waals surface area (Å²) >= 11 is 8.80. The monoisotopic (exact) mass is 429 g/mol. The van der Waals surface area contributed by atoms with Gasteiger partial charge in [-0.3, -0.25) is 4.79 Å². The number of fused-ring (bicyclic) bond motifs is 1. The molecule has 4 aromatic rings. The molecule has 1 N–H and O–H groups in total. The van der Waals surface area contributed by atoms with Crippen LogP contribution >= 0.6 is 34.3 Å². The fourth-order valence-corrected chi connectivity index (χ4v) is 4.40. The van der Waals surface area contributed by atoms with E-state index >= 15 is 0 Å². The Kier molecular flexibility index (Phi) is 5.57. The number of ether oxygens (including phenoxy) is 1. The van der Waals surface area contributed by atoms with Crippen molar-refractivity contribution < 1.29 is 9.53 Å². The lowest BCUT2D eigenvalue weighted by molar-refractivity contribution is -0.115. The predicted octanol–water partition coefficient (Wildman–Crippen LogP) is 5.47. The van der Waals surface area contributed by atoms with Crippen LogP contribution in [0.25, 0.3) is 10.2 Å². The lowest BCUT2D eigenvalue weighted by Crippen LogP contribution is -2.14. The first-order valence-corrected chi connectivity index (χ1v) is 10.6. The number of hydrogen-bond donors (Lipinski definition) is 1. The second-order valence-corrected chi connectivity index (χ2v) is 8.60. The normalized spacial score (nSPS) is 10.9. The average Bonchev–Trinajstić information content (AvgIpc) is 3.27. The van der Waals surface area contributed by atoms with Gasteiger partial charge in [0.05, 0.1) is 22.3 Å². The van der Waals surface area contributed by atoms with Gasteiger partial charge in [0.25, 0.3) is 0 Å². The molecule has 0 aliphatic rings. The third kappa shape index (κ3) is 4.67. The molecule has 5 nitrogen and oxygen atoms in total. The topological polar surface area (TPSA) is 64.1 Å². The van der Waals surface area contributed by atoms with Crippen molar-refractivity contribution in [2.24, 2.45) is 0 Å². The van der Waals surface area contributed by atoms with E-state index in [1.165, 1.54) is 28.2 Å². The summed E-state index contributed by atoms with van der Waals surface area (Å²) in [6, 6.07) is 13.2. The van der Waals surface area contributed by atoms with Crippen molar-refractivity contribution in [3.8, 4) is 5.75 Å². The van der Waals surface area contributed by atoms with Gasteiger partial charge in [-0.1, -0.05) is 29.0 Å². The minimum atomic E-state index is -0.133. The highest BCUT2D eigenvalue weighted by Gasteiger charge is 2.11. The first kappa shape index (κ1) is 18.9. The maximum absolute atomic E-state index is 12.3. The van der Waals surface area contributed by atoms with Crippen LogP contribution in [0, 0.1) is 6.92 Å². The van der Waals surface area contributed by atoms with Gasteiger partial charge in [0, 0.05) is 10.4 Å². The number of carbonyl (C=O) groups excluding carboxylic acids is 1. The average molecular weight is 430 g/mol. The molecule has 0 saturated carbocycles. The Labute approximate surface area is 175 Å². The number of nitrogens with one attached hydrogen (secondary N) is 1. The number of aryl methyl sites for hydroxylation is 1. The first-order chi connectivity index (χ1) is 13.5. The molecule has 0 atom stereocenters. The zero-order valence-corrected chi connectivity index (χ0v) is 17.3. The van der Waals surface area contributed by atoms with Gasteiger partial charge in [0.15, 0.2) is 5.13 Å². The number of benzene rings is 2. The molecule has 0 fully saturated rings. The van der Waals surface area contributed by atoms with Crippen molar-refractivity contribution in [3.05, 3.63) is 69.1 Å². The van der Waals surface area contributed by atoms with E-state index in [-0.39, 0.29) is 12.3 Å². The van der Waals surface area contributed by atoms with Gasteiger partial charge in [-0.2, -0.15) is 0 Å². The number of thiazole rings is 2. The smallest absolute Gasteiger partial charge is 0.232 e. The van der Waals surface area contributed by atoms with E-state index in [0.717, 1.165) is 21.0 Å². The van der Waals surface area contributed by atoms with Gasteiger partial charge in [-0.25, -0.2) is 9.97 Å². The summed E-state index contributed by atoms with van der Waals surface area (Å²) in [5.74, 6) is 0.594. The van der Waals surface area contributed by atoms with Gasteiger partial charge in [0.2, 0.25) is 5.91 Å². The Morgan fingerprint density at radius 2 is 2.00 bits per heavy atom. The van der Waals surface area contributed by atoms with Crippen LogP contribution in [0.5, 0.6) is 5.75 Å². The van der Waals surface area contributed by atoms with Gasteiger partial charge in [-0.15, -0.1) is 11.3 Å². The van der Waals surface area contributed by atoms with Crippen molar-refractivity contribution in [1.29, 1.82) is 0 Å². The Morgan fingerprint density at radius 1 is 1.18 bits per heavy atom. The molecule has 0 bridgehead atoms. The maximum Gasteiger partial charge on any atom is 0.232 e. The fourth-order valence-electron chi connectivity index (χ4n) is 2.59. The number of hydrogen-bond acceptors (Lipinski definition) is 6. The maximum atomic E-state index is 12.3. The van der Waals surface area contributed by atoms with E-state index in [4.69, 9.17) is 16.3 Å². The second kappa shape index (κ2) is 8.26. The summed E-state index contributed by atoms with van der Waals surface area (Å²) in [6.45, 7) is 2.39. The van der Waals surface area contributed by atoms with Gasteiger partial charge >= 0.3 is 0 Å². The van der Waals surface area contributed by atoms with Crippen LogP contribution in [-0.2, 0) is 17.8 Å². The summed E-state index contributed by atoms with van der Waals surface area (Å²) in [5.41, 5.74) is 2.78. The summed E-state index contributed by atoms with van der Waals surface area (Å²) in [4.78, 5) is 21.2. The van der Waals surface area contributed by atoms with E-state index in [1.807, 2.05) is 36.6 Å². The minimum Gasteiger partial charge on any atom is -0.486 e. The van der Waals surface area contributed by atoms with E-state index in [2.05, 4.69) is 21.4 Å². The molecule has 8 heteroatoms. The van der Waals surface area contributed by atoms with E-state index < -0.39 is 0 Å². The predicted molar refractivity (Wildman–Crippen MR) is 115 cm³/mol. The van der Waals surface area contributed by atoms with Crippen LogP contribution in [0.4, 0.5) is 5.13 Å².